The highest BCUT2D eigenvalue weighted by Gasteiger charge is 2.18. The maximum absolute atomic E-state index is 12.2. The van der Waals surface area contributed by atoms with Gasteiger partial charge in [0.25, 0.3) is 0 Å². The van der Waals surface area contributed by atoms with Gasteiger partial charge in [-0.1, -0.05) is 18.2 Å². The number of benzene rings is 1. The molecule has 1 saturated heterocycles. The van der Waals surface area contributed by atoms with Crippen molar-refractivity contribution >= 4 is 9.84 Å². The van der Waals surface area contributed by atoms with E-state index in [2.05, 4.69) is 9.80 Å². The third-order valence-electron chi connectivity index (χ3n) is 4.07. The summed E-state index contributed by atoms with van der Waals surface area (Å²) in [5, 5.41) is 0. The summed E-state index contributed by atoms with van der Waals surface area (Å²) in [6.07, 6.45) is 0.690. The Morgan fingerprint density at radius 2 is 1.59 bits per heavy atom. The van der Waals surface area contributed by atoms with E-state index in [-0.39, 0.29) is 5.75 Å². The van der Waals surface area contributed by atoms with Crippen LogP contribution < -0.4 is 0 Å². The smallest absolute Gasteiger partial charge is 0.178 e. The predicted octanol–water partition coefficient (Wildman–Crippen LogP) is 1.11. The second kappa shape index (κ2) is 8.62. The number of hydrogen-bond acceptors (Lipinski definition) is 5. The minimum atomic E-state index is -3.14. The Hall–Kier alpha value is -0.950. The summed E-state index contributed by atoms with van der Waals surface area (Å²) in [6.45, 7) is 6.69. The fraction of sp³-hybridized carbons (Fsp3) is 0.625. The molecule has 22 heavy (non-hydrogen) atoms. The lowest BCUT2D eigenvalue weighted by molar-refractivity contribution is 0.0972. The van der Waals surface area contributed by atoms with Crippen LogP contribution in [0.15, 0.2) is 35.2 Å². The van der Waals surface area contributed by atoms with E-state index in [1.54, 1.807) is 31.4 Å². The van der Waals surface area contributed by atoms with Crippen molar-refractivity contribution in [3.8, 4) is 0 Å². The molecule has 0 spiro atoms. The zero-order valence-electron chi connectivity index (χ0n) is 13.3. The molecule has 1 aromatic carbocycles. The van der Waals surface area contributed by atoms with Gasteiger partial charge in [0, 0.05) is 39.8 Å². The third-order valence-corrected chi connectivity index (χ3v) is 5.88. The highest BCUT2D eigenvalue weighted by atomic mass is 32.2. The first kappa shape index (κ1) is 17.4. The van der Waals surface area contributed by atoms with Crippen molar-refractivity contribution in [2.45, 2.75) is 11.3 Å². The first-order chi connectivity index (χ1) is 10.6. The Labute approximate surface area is 133 Å². The van der Waals surface area contributed by atoms with Crippen molar-refractivity contribution in [3.05, 3.63) is 30.3 Å². The van der Waals surface area contributed by atoms with E-state index >= 15 is 0 Å². The van der Waals surface area contributed by atoms with Gasteiger partial charge in [-0.3, -0.25) is 4.90 Å². The molecule has 1 aromatic rings. The fourth-order valence-electron chi connectivity index (χ4n) is 2.68. The van der Waals surface area contributed by atoms with Crippen LogP contribution >= 0.6 is 0 Å². The van der Waals surface area contributed by atoms with Crippen molar-refractivity contribution < 1.29 is 13.2 Å². The summed E-state index contributed by atoms with van der Waals surface area (Å²) in [5.41, 5.74) is 0. The molecule has 0 bridgehead atoms. The first-order valence-electron chi connectivity index (χ1n) is 7.83. The van der Waals surface area contributed by atoms with Crippen molar-refractivity contribution in [2.24, 2.45) is 0 Å². The number of ether oxygens (including phenoxy) is 1. The highest BCUT2D eigenvalue weighted by molar-refractivity contribution is 7.91. The molecule has 0 aromatic heterocycles. The number of methoxy groups -OCH3 is 1. The molecule has 6 heteroatoms. The van der Waals surface area contributed by atoms with E-state index < -0.39 is 9.84 Å². The lowest BCUT2D eigenvalue weighted by Gasteiger charge is -2.34. The summed E-state index contributed by atoms with van der Waals surface area (Å²) in [4.78, 5) is 5.17. The SMILES string of the molecule is COCCN1CCN(CCCS(=O)(=O)c2ccccc2)CC1. The van der Waals surface area contributed by atoms with Gasteiger partial charge in [0.05, 0.1) is 17.3 Å². The molecule has 0 saturated carbocycles. The molecule has 0 unspecified atom stereocenters. The minimum absolute atomic E-state index is 0.223. The van der Waals surface area contributed by atoms with E-state index in [0.717, 1.165) is 45.9 Å². The van der Waals surface area contributed by atoms with Gasteiger partial charge in [0.2, 0.25) is 0 Å². The van der Waals surface area contributed by atoms with Crippen LogP contribution in [0, 0.1) is 0 Å². The monoisotopic (exact) mass is 326 g/mol. The third kappa shape index (κ3) is 5.35. The van der Waals surface area contributed by atoms with Gasteiger partial charge in [-0.15, -0.1) is 0 Å². The summed E-state index contributed by atoms with van der Waals surface area (Å²) < 4.78 is 29.5. The average Bonchev–Trinajstić information content (AvgIpc) is 2.55. The summed E-state index contributed by atoms with van der Waals surface area (Å²) >= 11 is 0. The van der Waals surface area contributed by atoms with E-state index in [4.69, 9.17) is 4.74 Å². The van der Waals surface area contributed by atoms with Crippen LogP contribution in [0.25, 0.3) is 0 Å². The normalized spacial score (nSPS) is 17.7. The molecule has 0 radical (unpaired) electrons. The molecule has 0 N–H and O–H groups in total. The molecule has 124 valence electrons. The second-order valence-corrected chi connectivity index (χ2v) is 7.77. The molecule has 1 aliphatic rings. The number of hydrogen-bond donors (Lipinski definition) is 0. The number of piperazine rings is 1. The zero-order chi connectivity index (χ0) is 15.8. The van der Waals surface area contributed by atoms with Gasteiger partial charge >= 0.3 is 0 Å². The number of sulfone groups is 1. The van der Waals surface area contributed by atoms with Crippen molar-refractivity contribution in [3.63, 3.8) is 0 Å². The van der Waals surface area contributed by atoms with Crippen LogP contribution in [0.3, 0.4) is 0 Å². The van der Waals surface area contributed by atoms with Crippen LogP contribution in [0.5, 0.6) is 0 Å². The van der Waals surface area contributed by atoms with Crippen LogP contribution in [-0.2, 0) is 14.6 Å². The van der Waals surface area contributed by atoms with E-state index in [1.165, 1.54) is 0 Å². The highest BCUT2D eigenvalue weighted by Crippen LogP contribution is 2.12. The Bertz CT molecular complexity index is 526. The Balaban J connectivity index is 1.69. The lowest BCUT2D eigenvalue weighted by atomic mass is 10.3. The molecular weight excluding hydrogens is 300 g/mol. The lowest BCUT2D eigenvalue weighted by Crippen LogP contribution is -2.47. The average molecular weight is 326 g/mol. The van der Waals surface area contributed by atoms with Crippen molar-refractivity contribution in [1.82, 2.24) is 9.80 Å². The maximum atomic E-state index is 12.2. The standard InChI is InChI=1S/C16H26N2O3S/c1-21-14-13-18-11-9-17(10-12-18)8-5-15-22(19,20)16-6-3-2-4-7-16/h2-4,6-7H,5,8-15H2,1H3. The molecule has 1 aliphatic heterocycles. The predicted molar refractivity (Wildman–Crippen MR) is 87.9 cm³/mol. The van der Waals surface area contributed by atoms with Gasteiger partial charge in [0.15, 0.2) is 9.84 Å². The molecule has 0 amide bonds. The topological polar surface area (TPSA) is 49.9 Å². The maximum Gasteiger partial charge on any atom is 0.178 e. The summed E-state index contributed by atoms with van der Waals surface area (Å²) in [6, 6.07) is 8.72. The molecule has 5 nitrogen and oxygen atoms in total. The van der Waals surface area contributed by atoms with Gasteiger partial charge in [-0.25, -0.2) is 8.42 Å². The molecule has 1 heterocycles. The summed E-state index contributed by atoms with van der Waals surface area (Å²) in [5.74, 6) is 0.223. The number of rotatable bonds is 8. The van der Waals surface area contributed by atoms with Gasteiger partial charge in [-0.2, -0.15) is 0 Å². The number of nitrogens with zero attached hydrogens (tertiary/aromatic N) is 2. The molecular formula is C16H26N2O3S. The zero-order valence-corrected chi connectivity index (χ0v) is 14.1. The van der Waals surface area contributed by atoms with E-state index in [0.29, 0.717) is 11.3 Å². The molecule has 0 atom stereocenters. The van der Waals surface area contributed by atoms with Crippen molar-refractivity contribution in [2.75, 3.05) is 58.7 Å². The Morgan fingerprint density at radius 3 is 2.18 bits per heavy atom. The quantitative estimate of drug-likeness (QED) is 0.716. The second-order valence-electron chi connectivity index (χ2n) is 5.66. The fourth-order valence-corrected chi connectivity index (χ4v) is 4.00. The van der Waals surface area contributed by atoms with Gasteiger partial charge in [0.1, 0.15) is 0 Å². The van der Waals surface area contributed by atoms with Gasteiger partial charge < -0.3 is 9.64 Å². The van der Waals surface area contributed by atoms with Crippen molar-refractivity contribution in [1.29, 1.82) is 0 Å². The van der Waals surface area contributed by atoms with Crippen LogP contribution in [0.4, 0.5) is 0 Å². The first-order valence-corrected chi connectivity index (χ1v) is 9.48. The van der Waals surface area contributed by atoms with Gasteiger partial charge in [-0.05, 0) is 25.1 Å². The Kier molecular flexibility index (Phi) is 6.82. The largest absolute Gasteiger partial charge is 0.383 e. The molecule has 2 rings (SSSR count). The molecule has 1 fully saturated rings. The Morgan fingerprint density at radius 1 is 1.00 bits per heavy atom. The van der Waals surface area contributed by atoms with Crippen LogP contribution in [0.2, 0.25) is 0 Å². The molecule has 0 aliphatic carbocycles. The van der Waals surface area contributed by atoms with Crippen LogP contribution in [0.1, 0.15) is 6.42 Å². The van der Waals surface area contributed by atoms with Crippen LogP contribution in [-0.4, -0.2) is 77.0 Å². The summed E-state index contributed by atoms with van der Waals surface area (Å²) in [7, 11) is -1.41. The van der Waals surface area contributed by atoms with E-state index in [9.17, 15) is 8.42 Å². The van der Waals surface area contributed by atoms with E-state index in [1.807, 2.05) is 6.07 Å². The minimum Gasteiger partial charge on any atom is -0.383 e.